The molecule has 0 saturated carbocycles. The molecule has 1 aliphatic carbocycles. The van der Waals surface area contributed by atoms with Gasteiger partial charge in [-0.05, 0) is 44.7 Å². The van der Waals surface area contributed by atoms with Crippen LogP contribution in [0, 0.1) is 0 Å². The minimum atomic E-state index is 0.0733. The number of carbonyl (C=O) groups excluding carboxylic acids is 1. The molecule has 1 aromatic carbocycles. The molecule has 0 radical (unpaired) electrons. The van der Waals surface area contributed by atoms with Crippen LogP contribution in [0.25, 0.3) is 0 Å². The molecule has 0 fully saturated rings. The summed E-state index contributed by atoms with van der Waals surface area (Å²) in [6.45, 7) is 7.06. The van der Waals surface area contributed by atoms with E-state index in [9.17, 15) is 4.79 Å². The van der Waals surface area contributed by atoms with Gasteiger partial charge in [0.25, 0.3) is 0 Å². The van der Waals surface area contributed by atoms with Gasteiger partial charge in [-0.25, -0.2) is 0 Å². The highest BCUT2D eigenvalue weighted by Gasteiger charge is 2.22. The second-order valence-electron chi connectivity index (χ2n) is 6.37. The Morgan fingerprint density at radius 2 is 1.79 bits per heavy atom. The van der Waals surface area contributed by atoms with Crippen molar-refractivity contribution in [2.45, 2.75) is 51.6 Å². The van der Waals surface area contributed by atoms with Gasteiger partial charge in [-0.1, -0.05) is 24.3 Å². The van der Waals surface area contributed by atoms with Crippen molar-refractivity contribution in [3.63, 3.8) is 0 Å². The van der Waals surface area contributed by atoms with Gasteiger partial charge in [-0.3, -0.25) is 4.79 Å². The third kappa shape index (κ3) is 4.35. The van der Waals surface area contributed by atoms with Crippen LogP contribution in [0.2, 0.25) is 0 Å². The number of rotatable bonds is 4. The predicted octanol–water partition coefficient (Wildman–Crippen LogP) is 2.05. The molecule has 0 saturated heterocycles. The molecular weight excluding hydrogens is 236 g/mol. The van der Waals surface area contributed by atoms with Crippen molar-refractivity contribution in [3.05, 3.63) is 35.4 Å². The lowest BCUT2D eigenvalue weighted by Gasteiger charge is -2.20. The van der Waals surface area contributed by atoms with Crippen molar-refractivity contribution in [1.29, 1.82) is 0 Å². The average Bonchev–Trinajstić information content (AvgIpc) is 2.68. The Balaban J connectivity index is 1.73. The van der Waals surface area contributed by atoms with Crippen molar-refractivity contribution in [2.24, 2.45) is 0 Å². The lowest BCUT2D eigenvalue weighted by molar-refractivity contribution is -0.121. The first-order chi connectivity index (χ1) is 8.94. The fraction of sp³-hybridized carbons (Fsp3) is 0.562. The van der Waals surface area contributed by atoms with E-state index in [2.05, 4.69) is 55.7 Å². The molecule has 0 spiro atoms. The number of hydrogen-bond acceptors (Lipinski definition) is 2. The summed E-state index contributed by atoms with van der Waals surface area (Å²) in [7, 11) is 0. The van der Waals surface area contributed by atoms with Crippen LogP contribution in [0.1, 0.15) is 38.3 Å². The molecule has 1 amide bonds. The molecule has 0 aromatic heterocycles. The molecule has 1 aromatic rings. The van der Waals surface area contributed by atoms with E-state index < -0.39 is 0 Å². The van der Waals surface area contributed by atoms with Gasteiger partial charge in [0.2, 0.25) is 5.91 Å². The standard InChI is InChI=1S/C16H24N2O/c1-16(2,3)17-9-8-15(19)18-14-10-12-6-4-5-7-13(12)11-14/h4-7,14,17H,8-11H2,1-3H3,(H,18,19). The fourth-order valence-corrected chi connectivity index (χ4v) is 2.51. The van der Waals surface area contributed by atoms with Crippen LogP contribution in [-0.2, 0) is 17.6 Å². The van der Waals surface area contributed by atoms with Gasteiger partial charge in [-0.2, -0.15) is 0 Å². The maximum atomic E-state index is 11.9. The Hall–Kier alpha value is -1.35. The maximum absolute atomic E-state index is 11.9. The first-order valence-corrected chi connectivity index (χ1v) is 7.05. The predicted molar refractivity (Wildman–Crippen MR) is 78.2 cm³/mol. The van der Waals surface area contributed by atoms with E-state index >= 15 is 0 Å². The zero-order chi connectivity index (χ0) is 13.9. The third-order valence-corrected chi connectivity index (χ3v) is 3.42. The van der Waals surface area contributed by atoms with Crippen molar-refractivity contribution in [1.82, 2.24) is 10.6 Å². The molecule has 0 heterocycles. The van der Waals surface area contributed by atoms with Gasteiger partial charge in [0.1, 0.15) is 0 Å². The molecule has 19 heavy (non-hydrogen) atoms. The Morgan fingerprint density at radius 1 is 1.21 bits per heavy atom. The molecule has 1 aliphatic rings. The van der Waals surface area contributed by atoms with Crippen LogP contribution in [0.4, 0.5) is 0 Å². The number of carbonyl (C=O) groups is 1. The van der Waals surface area contributed by atoms with E-state index in [1.807, 2.05) is 0 Å². The van der Waals surface area contributed by atoms with Crippen molar-refractivity contribution in [2.75, 3.05) is 6.54 Å². The molecule has 0 bridgehead atoms. The molecule has 2 rings (SSSR count). The topological polar surface area (TPSA) is 41.1 Å². The summed E-state index contributed by atoms with van der Waals surface area (Å²) >= 11 is 0. The maximum Gasteiger partial charge on any atom is 0.221 e. The van der Waals surface area contributed by atoms with Crippen molar-refractivity contribution >= 4 is 5.91 Å². The van der Waals surface area contributed by atoms with E-state index in [1.54, 1.807) is 0 Å². The lowest BCUT2D eigenvalue weighted by Crippen LogP contribution is -2.40. The summed E-state index contributed by atoms with van der Waals surface area (Å²) in [6, 6.07) is 8.72. The largest absolute Gasteiger partial charge is 0.353 e. The molecule has 104 valence electrons. The van der Waals surface area contributed by atoms with Crippen LogP contribution in [0.3, 0.4) is 0 Å². The summed E-state index contributed by atoms with van der Waals surface area (Å²) in [4.78, 5) is 11.9. The second kappa shape index (κ2) is 5.74. The Morgan fingerprint density at radius 3 is 2.32 bits per heavy atom. The minimum absolute atomic E-state index is 0.0733. The quantitative estimate of drug-likeness (QED) is 0.870. The average molecular weight is 260 g/mol. The number of amides is 1. The van der Waals surface area contributed by atoms with Crippen LogP contribution in [0.15, 0.2) is 24.3 Å². The molecule has 2 N–H and O–H groups in total. The number of hydrogen-bond donors (Lipinski definition) is 2. The lowest BCUT2D eigenvalue weighted by atomic mass is 10.1. The molecule has 3 nitrogen and oxygen atoms in total. The normalized spacial score (nSPS) is 15.3. The van der Waals surface area contributed by atoms with Crippen LogP contribution < -0.4 is 10.6 Å². The van der Waals surface area contributed by atoms with E-state index in [1.165, 1.54) is 11.1 Å². The number of nitrogens with one attached hydrogen (secondary N) is 2. The zero-order valence-corrected chi connectivity index (χ0v) is 12.1. The van der Waals surface area contributed by atoms with Gasteiger partial charge >= 0.3 is 0 Å². The molecule has 0 aliphatic heterocycles. The van der Waals surface area contributed by atoms with E-state index in [-0.39, 0.29) is 17.5 Å². The SMILES string of the molecule is CC(C)(C)NCCC(=O)NC1Cc2ccccc2C1. The first kappa shape index (κ1) is 14.1. The summed E-state index contributed by atoms with van der Waals surface area (Å²) in [6.07, 6.45) is 2.48. The Kier molecular flexibility index (Phi) is 4.25. The number of fused-ring (bicyclic) bond motifs is 1. The zero-order valence-electron chi connectivity index (χ0n) is 12.1. The van der Waals surface area contributed by atoms with Crippen LogP contribution >= 0.6 is 0 Å². The van der Waals surface area contributed by atoms with Crippen molar-refractivity contribution < 1.29 is 4.79 Å². The molecule has 3 heteroatoms. The van der Waals surface area contributed by atoms with Crippen LogP contribution in [-0.4, -0.2) is 24.0 Å². The summed E-state index contributed by atoms with van der Waals surface area (Å²) in [5.74, 6) is 0.148. The fourth-order valence-electron chi connectivity index (χ4n) is 2.51. The molecular formula is C16H24N2O. The first-order valence-electron chi connectivity index (χ1n) is 7.05. The van der Waals surface area contributed by atoms with E-state index in [0.29, 0.717) is 6.42 Å². The highest BCUT2D eigenvalue weighted by atomic mass is 16.1. The van der Waals surface area contributed by atoms with E-state index in [4.69, 9.17) is 0 Å². The summed E-state index contributed by atoms with van der Waals surface area (Å²) < 4.78 is 0. The molecule has 0 atom stereocenters. The number of benzene rings is 1. The summed E-state index contributed by atoms with van der Waals surface area (Å²) in [5, 5.41) is 6.47. The van der Waals surface area contributed by atoms with Gasteiger partial charge in [0.05, 0.1) is 0 Å². The highest BCUT2D eigenvalue weighted by Crippen LogP contribution is 2.21. The van der Waals surface area contributed by atoms with Crippen molar-refractivity contribution in [3.8, 4) is 0 Å². The smallest absolute Gasteiger partial charge is 0.221 e. The van der Waals surface area contributed by atoms with Gasteiger partial charge in [0, 0.05) is 24.5 Å². The van der Waals surface area contributed by atoms with E-state index in [0.717, 1.165) is 19.4 Å². The summed E-state index contributed by atoms with van der Waals surface area (Å²) in [5.41, 5.74) is 2.82. The third-order valence-electron chi connectivity index (χ3n) is 3.42. The Bertz CT molecular complexity index is 423. The highest BCUT2D eigenvalue weighted by molar-refractivity contribution is 5.76. The second-order valence-corrected chi connectivity index (χ2v) is 6.37. The Labute approximate surface area is 115 Å². The minimum Gasteiger partial charge on any atom is -0.353 e. The van der Waals surface area contributed by atoms with Gasteiger partial charge in [0.15, 0.2) is 0 Å². The monoisotopic (exact) mass is 260 g/mol. The van der Waals surface area contributed by atoms with Gasteiger partial charge in [-0.15, -0.1) is 0 Å². The molecule has 0 unspecified atom stereocenters. The van der Waals surface area contributed by atoms with Crippen LogP contribution in [0.5, 0.6) is 0 Å². The van der Waals surface area contributed by atoms with Gasteiger partial charge < -0.3 is 10.6 Å².